The van der Waals surface area contributed by atoms with Gasteiger partial charge in [0.2, 0.25) is 11.8 Å². The predicted molar refractivity (Wildman–Crippen MR) is 82.2 cm³/mol. The Morgan fingerprint density at radius 3 is 2.24 bits per heavy atom. The molecular weight excluding hydrogens is 292 g/mol. The molecule has 0 radical (unpaired) electrons. The molecule has 0 spiro atoms. The number of carboxylic acids is 1. The van der Waals surface area contributed by atoms with Crippen molar-refractivity contribution in [1.29, 1.82) is 0 Å². The van der Waals surface area contributed by atoms with Gasteiger partial charge in [-0.2, -0.15) is 11.8 Å². The molecule has 0 unspecified atom stereocenters. The summed E-state index contributed by atoms with van der Waals surface area (Å²) < 4.78 is 0. The molecule has 7 heteroatoms. The molecule has 1 fully saturated rings. The maximum Gasteiger partial charge on any atom is 0.329 e. The minimum Gasteiger partial charge on any atom is -0.480 e. The van der Waals surface area contributed by atoms with Gasteiger partial charge in [-0.15, -0.1) is 0 Å². The number of thioether (sulfide) groups is 1. The monoisotopic (exact) mass is 316 g/mol. The molecule has 0 bridgehead atoms. The van der Waals surface area contributed by atoms with E-state index >= 15 is 0 Å². The number of amides is 2. The summed E-state index contributed by atoms with van der Waals surface area (Å²) in [7, 11) is 0. The highest BCUT2D eigenvalue weighted by Gasteiger charge is 2.41. The van der Waals surface area contributed by atoms with E-state index in [4.69, 9.17) is 0 Å². The van der Waals surface area contributed by atoms with Crippen molar-refractivity contribution in [3.05, 3.63) is 0 Å². The van der Waals surface area contributed by atoms with Crippen molar-refractivity contribution in [2.45, 2.75) is 45.6 Å². The van der Waals surface area contributed by atoms with Crippen molar-refractivity contribution in [3.8, 4) is 0 Å². The molecule has 0 aliphatic carbocycles. The second-order valence-electron chi connectivity index (χ2n) is 6.30. The van der Waals surface area contributed by atoms with Crippen LogP contribution in [0.4, 0.5) is 0 Å². The summed E-state index contributed by atoms with van der Waals surface area (Å²) in [5.74, 6) is 0.0198. The fourth-order valence-corrected chi connectivity index (χ4v) is 3.19. The highest BCUT2D eigenvalue weighted by molar-refractivity contribution is 7.99. The van der Waals surface area contributed by atoms with Gasteiger partial charge in [0.05, 0.1) is 0 Å². The second kappa shape index (κ2) is 7.15. The smallest absolute Gasteiger partial charge is 0.329 e. The van der Waals surface area contributed by atoms with Gasteiger partial charge in [-0.05, 0) is 24.3 Å². The number of rotatable bonds is 5. The third-order valence-corrected chi connectivity index (χ3v) is 4.44. The SMILES string of the molecule is CC(C)(C)C(=O)NCCC(=O)NC1(C(=O)O)CCSCC1. The van der Waals surface area contributed by atoms with E-state index in [-0.39, 0.29) is 24.8 Å². The standard InChI is InChI=1S/C14H24N2O4S/c1-13(2,3)11(18)15-7-4-10(17)16-14(12(19)20)5-8-21-9-6-14/h4-9H2,1-3H3,(H,15,18)(H,16,17)(H,19,20). The quantitative estimate of drug-likeness (QED) is 0.703. The Hall–Kier alpha value is -1.24. The fraction of sp³-hybridized carbons (Fsp3) is 0.786. The summed E-state index contributed by atoms with van der Waals surface area (Å²) in [5.41, 5.74) is -1.64. The van der Waals surface area contributed by atoms with Crippen LogP contribution in [0.5, 0.6) is 0 Å². The van der Waals surface area contributed by atoms with E-state index in [1.54, 1.807) is 32.5 Å². The first-order valence-corrected chi connectivity index (χ1v) is 8.23. The van der Waals surface area contributed by atoms with E-state index in [0.29, 0.717) is 12.8 Å². The van der Waals surface area contributed by atoms with Gasteiger partial charge in [-0.1, -0.05) is 20.8 Å². The maximum absolute atomic E-state index is 11.9. The van der Waals surface area contributed by atoms with Crippen molar-refractivity contribution in [2.75, 3.05) is 18.1 Å². The van der Waals surface area contributed by atoms with Crippen LogP contribution in [0.25, 0.3) is 0 Å². The van der Waals surface area contributed by atoms with E-state index in [0.717, 1.165) is 11.5 Å². The summed E-state index contributed by atoms with van der Waals surface area (Å²) in [5, 5.41) is 14.7. The van der Waals surface area contributed by atoms with Crippen LogP contribution in [-0.4, -0.2) is 46.5 Å². The Bertz CT molecular complexity index is 412. The van der Waals surface area contributed by atoms with Gasteiger partial charge in [0.25, 0.3) is 0 Å². The Labute approximate surface area is 129 Å². The van der Waals surface area contributed by atoms with Crippen molar-refractivity contribution >= 4 is 29.5 Å². The number of hydrogen-bond acceptors (Lipinski definition) is 4. The van der Waals surface area contributed by atoms with Crippen molar-refractivity contribution in [3.63, 3.8) is 0 Å². The van der Waals surface area contributed by atoms with Crippen LogP contribution in [-0.2, 0) is 14.4 Å². The lowest BCUT2D eigenvalue weighted by Crippen LogP contribution is -2.56. The normalized spacial score (nSPS) is 17.9. The van der Waals surface area contributed by atoms with Crippen LogP contribution in [0.2, 0.25) is 0 Å². The first kappa shape index (κ1) is 17.8. The van der Waals surface area contributed by atoms with Gasteiger partial charge in [-0.3, -0.25) is 9.59 Å². The van der Waals surface area contributed by atoms with Gasteiger partial charge in [0.15, 0.2) is 0 Å². The van der Waals surface area contributed by atoms with Gasteiger partial charge in [0, 0.05) is 18.4 Å². The Morgan fingerprint density at radius 2 is 1.76 bits per heavy atom. The van der Waals surface area contributed by atoms with E-state index in [1.807, 2.05) is 0 Å². The first-order valence-electron chi connectivity index (χ1n) is 7.08. The molecule has 0 aromatic carbocycles. The Balaban J connectivity index is 2.45. The molecule has 1 rings (SSSR count). The summed E-state index contributed by atoms with van der Waals surface area (Å²) in [4.78, 5) is 35.0. The molecular formula is C14H24N2O4S. The van der Waals surface area contributed by atoms with E-state index in [9.17, 15) is 19.5 Å². The molecule has 120 valence electrons. The lowest BCUT2D eigenvalue weighted by Gasteiger charge is -2.33. The lowest BCUT2D eigenvalue weighted by atomic mass is 9.92. The number of carbonyl (C=O) groups is 3. The molecule has 0 saturated carbocycles. The molecule has 21 heavy (non-hydrogen) atoms. The second-order valence-corrected chi connectivity index (χ2v) is 7.53. The van der Waals surface area contributed by atoms with E-state index < -0.39 is 16.9 Å². The van der Waals surface area contributed by atoms with Crippen LogP contribution in [0.3, 0.4) is 0 Å². The molecule has 0 aromatic heterocycles. The van der Waals surface area contributed by atoms with E-state index in [1.165, 1.54) is 0 Å². The molecule has 2 amide bonds. The number of hydrogen-bond donors (Lipinski definition) is 3. The summed E-state index contributed by atoms with van der Waals surface area (Å²) in [6, 6.07) is 0. The third-order valence-electron chi connectivity index (χ3n) is 3.45. The molecule has 1 aliphatic rings. The van der Waals surface area contributed by atoms with Crippen molar-refractivity contribution < 1.29 is 19.5 Å². The Kier molecular flexibility index (Phi) is 6.07. The van der Waals surface area contributed by atoms with Crippen LogP contribution >= 0.6 is 11.8 Å². The third kappa shape index (κ3) is 5.22. The number of aliphatic carboxylic acids is 1. The fourth-order valence-electron chi connectivity index (χ4n) is 2.00. The predicted octanol–water partition coefficient (Wildman–Crippen LogP) is 1.01. The topological polar surface area (TPSA) is 95.5 Å². The molecule has 1 saturated heterocycles. The number of carboxylic acid groups (broad SMARTS) is 1. The number of carbonyl (C=O) groups excluding carboxylic acids is 2. The molecule has 1 heterocycles. The van der Waals surface area contributed by atoms with Gasteiger partial charge in [-0.25, -0.2) is 4.79 Å². The van der Waals surface area contributed by atoms with Crippen LogP contribution in [0.15, 0.2) is 0 Å². The maximum atomic E-state index is 11.9. The molecule has 0 atom stereocenters. The zero-order chi connectivity index (χ0) is 16.1. The van der Waals surface area contributed by atoms with Crippen LogP contribution in [0, 0.1) is 5.41 Å². The average Bonchev–Trinajstić information content (AvgIpc) is 2.38. The van der Waals surface area contributed by atoms with Crippen molar-refractivity contribution in [2.24, 2.45) is 5.41 Å². The average molecular weight is 316 g/mol. The van der Waals surface area contributed by atoms with Crippen LogP contribution < -0.4 is 10.6 Å². The molecule has 0 aromatic rings. The van der Waals surface area contributed by atoms with Gasteiger partial charge >= 0.3 is 5.97 Å². The summed E-state index contributed by atoms with van der Waals surface area (Å²) >= 11 is 1.69. The van der Waals surface area contributed by atoms with E-state index in [2.05, 4.69) is 10.6 Å². The largest absolute Gasteiger partial charge is 0.480 e. The molecule has 1 aliphatic heterocycles. The first-order chi connectivity index (χ1) is 9.67. The lowest BCUT2D eigenvalue weighted by molar-refractivity contribution is -0.148. The molecule has 6 nitrogen and oxygen atoms in total. The minimum atomic E-state index is -1.14. The Morgan fingerprint density at radius 1 is 1.19 bits per heavy atom. The highest BCUT2D eigenvalue weighted by atomic mass is 32.2. The zero-order valence-corrected chi connectivity index (χ0v) is 13.6. The molecule has 3 N–H and O–H groups in total. The summed E-state index contributed by atoms with van der Waals surface area (Å²) in [6.45, 7) is 5.59. The van der Waals surface area contributed by atoms with Crippen molar-refractivity contribution in [1.82, 2.24) is 10.6 Å². The van der Waals surface area contributed by atoms with Crippen LogP contribution in [0.1, 0.15) is 40.0 Å². The van der Waals surface area contributed by atoms with Gasteiger partial charge in [0.1, 0.15) is 5.54 Å². The zero-order valence-electron chi connectivity index (χ0n) is 12.8. The summed E-state index contributed by atoms with van der Waals surface area (Å²) in [6.07, 6.45) is 0.962. The highest BCUT2D eigenvalue weighted by Crippen LogP contribution is 2.27. The van der Waals surface area contributed by atoms with Gasteiger partial charge < -0.3 is 15.7 Å². The number of nitrogens with one attached hydrogen (secondary N) is 2. The minimum absolute atomic E-state index is 0.0873.